The topological polar surface area (TPSA) is 175 Å². The minimum Gasteiger partial charge on any atom is -0.453 e. The number of fused-ring (bicyclic) bond motifs is 2. The molecule has 4 atom stereocenters. The molecule has 59 heavy (non-hydrogen) atoms. The van der Waals surface area contributed by atoms with Gasteiger partial charge in [-0.15, -0.1) is 0 Å². The monoisotopic (exact) mass is 804 g/mol. The van der Waals surface area contributed by atoms with Gasteiger partial charge in [0.25, 0.3) is 0 Å². The SMILES string of the molecule is COC(=O)N[C@@H](C)C(=O)N1CCCC[C@H]1c1ncc(-c2ccc(-c3ccc(-c4cnc([C@@H]5CCCCN5C(=O)[C@H](C)NC(=O)OC)[nH]4)c4c3C3(CCCC3)CC4)cc2)[nH]1. The fraction of sp³-hybridized carbons (Fsp3) is 0.511. The van der Waals surface area contributed by atoms with Crippen molar-refractivity contribution in [3.05, 3.63) is 71.6 Å². The second-order valence-corrected chi connectivity index (χ2v) is 16.7. The number of carbonyl (C=O) groups excluding carboxylic acids is 4. The standard InChI is InChI=1S/C45H56N8O6/c1-27(48-43(56)58-3)41(54)52-23-9-5-11-36(52)39-46-25-34(50-39)30-15-13-29(14-16-30)31-17-18-32(33-19-22-45(38(31)33)20-7-8-21-45)35-26-47-40(51-35)37-12-6-10-24-53(37)42(55)28(2)49-44(57)59-4/h13-18,25-28,36-37H,5-12,19-24H2,1-4H3,(H,46,50)(H,47,51)(H,48,56)(H,49,57)/t27-,28-,36-,37-/m0/s1. The molecule has 2 aromatic heterocycles. The van der Waals surface area contributed by atoms with Crippen molar-refractivity contribution in [2.24, 2.45) is 0 Å². The van der Waals surface area contributed by atoms with Crippen LogP contribution in [0.15, 0.2) is 48.8 Å². The molecule has 1 spiro atoms. The van der Waals surface area contributed by atoms with E-state index in [4.69, 9.17) is 19.4 Å². The molecule has 0 bridgehead atoms. The summed E-state index contributed by atoms with van der Waals surface area (Å²) in [6.45, 7) is 4.58. The lowest BCUT2D eigenvalue weighted by Gasteiger charge is -2.36. The van der Waals surface area contributed by atoms with Gasteiger partial charge in [0.2, 0.25) is 11.8 Å². The van der Waals surface area contributed by atoms with Crippen LogP contribution in [0.2, 0.25) is 0 Å². The molecule has 3 fully saturated rings. The Balaban J connectivity index is 1.05. The van der Waals surface area contributed by atoms with Gasteiger partial charge in [-0.3, -0.25) is 9.59 Å². The Hall–Kier alpha value is -5.66. The third-order valence-electron chi connectivity index (χ3n) is 13.2. The smallest absolute Gasteiger partial charge is 0.407 e. The quantitative estimate of drug-likeness (QED) is 0.135. The Bertz CT molecular complexity index is 2190. The lowest BCUT2D eigenvalue weighted by Crippen LogP contribution is -2.49. The molecule has 0 radical (unpaired) electrons. The number of likely N-dealkylation sites (tertiary alicyclic amines) is 2. The van der Waals surface area contributed by atoms with Gasteiger partial charge in [-0.25, -0.2) is 19.6 Å². The van der Waals surface area contributed by atoms with E-state index in [9.17, 15) is 19.2 Å². The average molecular weight is 805 g/mol. The van der Waals surface area contributed by atoms with Crippen molar-refractivity contribution in [2.75, 3.05) is 27.3 Å². The highest BCUT2D eigenvalue weighted by Gasteiger charge is 2.44. The van der Waals surface area contributed by atoms with Gasteiger partial charge in [0.1, 0.15) is 23.7 Å². The second kappa shape index (κ2) is 16.9. The number of benzene rings is 2. The number of hydrogen-bond acceptors (Lipinski definition) is 8. The van der Waals surface area contributed by atoms with Crippen molar-refractivity contribution in [2.45, 2.75) is 120 Å². The summed E-state index contributed by atoms with van der Waals surface area (Å²) in [4.78, 5) is 71.1. The number of aromatic nitrogens is 4. The number of piperidine rings is 2. The number of ether oxygens (including phenoxy) is 2. The predicted octanol–water partition coefficient (Wildman–Crippen LogP) is 7.49. The molecule has 4 heterocycles. The molecule has 14 heteroatoms. The highest BCUT2D eigenvalue weighted by Crippen LogP contribution is 2.55. The highest BCUT2D eigenvalue weighted by molar-refractivity contribution is 5.86. The minimum absolute atomic E-state index is 0.144. The molecular formula is C45H56N8O6. The number of hydrogen-bond donors (Lipinski definition) is 4. The zero-order chi connectivity index (χ0) is 41.3. The zero-order valence-electron chi connectivity index (χ0n) is 34.6. The van der Waals surface area contributed by atoms with E-state index in [0.29, 0.717) is 13.1 Å². The maximum Gasteiger partial charge on any atom is 0.407 e. The Morgan fingerprint density at radius 1 is 0.678 bits per heavy atom. The predicted molar refractivity (Wildman–Crippen MR) is 222 cm³/mol. The summed E-state index contributed by atoms with van der Waals surface area (Å²) in [6, 6.07) is 11.4. The van der Waals surface area contributed by atoms with Crippen LogP contribution in [0, 0.1) is 0 Å². The van der Waals surface area contributed by atoms with Gasteiger partial charge in [0.05, 0.1) is 50.1 Å². The average Bonchev–Trinajstić information content (AvgIpc) is 4.12. The maximum atomic E-state index is 13.5. The van der Waals surface area contributed by atoms with E-state index in [0.717, 1.165) is 80.0 Å². The van der Waals surface area contributed by atoms with Gasteiger partial charge < -0.3 is 39.9 Å². The molecule has 4 aliphatic rings. The number of aromatic amines is 2. The van der Waals surface area contributed by atoms with E-state index in [-0.39, 0.29) is 29.3 Å². The van der Waals surface area contributed by atoms with Crippen molar-refractivity contribution < 1.29 is 28.7 Å². The molecule has 2 aliphatic heterocycles. The molecule has 4 amide bonds. The molecule has 2 aromatic carbocycles. The molecule has 1 saturated carbocycles. The number of alkyl carbamates (subject to hydrolysis) is 2. The molecule has 2 saturated heterocycles. The van der Waals surface area contributed by atoms with Crippen molar-refractivity contribution in [3.8, 4) is 33.6 Å². The highest BCUT2D eigenvalue weighted by atomic mass is 16.5. The Morgan fingerprint density at radius 3 is 1.75 bits per heavy atom. The second-order valence-electron chi connectivity index (χ2n) is 16.7. The van der Waals surface area contributed by atoms with E-state index < -0.39 is 24.3 Å². The number of H-pyrrole nitrogens is 2. The fourth-order valence-corrected chi connectivity index (χ4v) is 10.2. The van der Waals surface area contributed by atoms with Crippen LogP contribution in [-0.4, -0.2) is 93.1 Å². The van der Waals surface area contributed by atoms with Crippen LogP contribution in [0.5, 0.6) is 0 Å². The molecule has 8 rings (SSSR count). The number of rotatable bonds is 9. The molecule has 312 valence electrons. The van der Waals surface area contributed by atoms with Crippen LogP contribution in [0.3, 0.4) is 0 Å². The molecule has 4 aromatic rings. The number of amides is 4. The van der Waals surface area contributed by atoms with Gasteiger partial charge in [0.15, 0.2) is 0 Å². The van der Waals surface area contributed by atoms with E-state index in [2.05, 4.69) is 57.0 Å². The molecule has 2 aliphatic carbocycles. The number of nitrogens with one attached hydrogen (secondary N) is 4. The first-order valence-corrected chi connectivity index (χ1v) is 21.3. The third-order valence-corrected chi connectivity index (χ3v) is 13.2. The van der Waals surface area contributed by atoms with Gasteiger partial charge in [-0.2, -0.15) is 0 Å². The van der Waals surface area contributed by atoms with Gasteiger partial charge in [0, 0.05) is 18.7 Å². The number of carbonyl (C=O) groups is 4. The first kappa shape index (κ1) is 40.1. The van der Waals surface area contributed by atoms with Gasteiger partial charge in [-0.05, 0) is 111 Å². The zero-order valence-corrected chi connectivity index (χ0v) is 34.6. The van der Waals surface area contributed by atoms with Crippen LogP contribution in [0.25, 0.3) is 33.6 Å². The van der Waals surface area contributed by atoms with Crippen LogP contribution < -0.4 is 10.6 Å². The Kier molecular flexibility index (Phi) is 11.5. The maximum absolute atomic E-state index is 13.5. The third kappa shape index (κ3) is 7.81. The first-order chi connectivity index (χ1) is 28.6. The molecular weight excluding hydrogens is 749 g/mol. The number of methoxy groups -OCH3 is 2. The van der Waals surface area contributed by atoms with E-state index in [1.807, 2.05) is 22.2 Å². The van der Waals surface area contributed by atoms with Crippen LogP contribution >= 0.6 is 0 Å². The van der Waals surface area contributed by atoms with Crippen LogP contribution in [0.4, 0.5) is 9.59 Å². The summed E-state index contributed by atoms with van der Waals surface area (Å²) in [6.07, 6.45) is 14.9. The van der Waals surface area contributed by atoms with E-state index in [1.54, 1.807) is 13.8 Å². The summed E-state index contributed by atoms with van der Waals surface area (Å²) in [5.74, 6) is 1.22. The largest absolute Gasteiger partial charge is 0.453 e. The van der Waals surface area contributed by atoms with E-state index in [1.165, 1.54) is 67.7 Å². The molecule has 4 N–H and O–H groups in total. The summed E-state index contributed by atoms with van der Waals surface area (Å²) in [5, 5.41) is 5.23. The summed E-state index contributed by atoms with van der Waals surface area (Å²) in [7, 11) is 2.58. The number of imidazole rings is 2. The Labute approximate surface area is 345 Å². The summed E-state index contributed by atoms with van der Waals surface area (Å²) < 4.78 is 9.44. The molecule has 0 unspecified atom stereocenters. The van der Waals surface area contributed by atoms with Gasteiger partial charge >= 0.3 is 12.2 Å². The van der Waals surface area contributed by atoms with Crippen molar-refractivity contribution in [1.29, 1.82) is 0 Å². The minimum atomic E-state index is -0.710. The van der Waals surface area contributed by atoms with Crippen molar-refractivity contribution in [1.82, 2.24) is 40.4 Å². The normalized spacial score (nSPS) is 20.8. The van der Waals surface area contributed by atoms with Crippen molar-refractivity contribution in [3.63, 3.8) is 0 Å². The molecule has 14 nitrogen and oxygen atoms in total. The lowest BCUT2D eigenvalue weighted by molar-refractivity contribution is -0.137. The fourth-order valence-electron chi connectivity index (χ4n) is 10.2. The summed E-state index contributed by atoms with van der Waals surface area (Å²) >= 11 is 0. The summed E-state index contributed by atoms with van der Waals surface area (Å²) in [5.41, 5.74) is 9.51. The Morgan fingerprint density at radius 2 is 1.19 bits per heavy atom. The van der Waals surface area contributed by atoms with Gasteiger partial charge in [-0.1, -0.05) is 49.2 Å². The number of nitrogens with zero attached hydrogens (tertiary/aromatic N) is 4. The van der Waals surface area contributed by atoms with Crippen LogP contribution in [-0.2, 0) is 30.9 Å². The van der Waals surface area contributed by atoms with Crippen molar-refractivity contribution >= 4 is 24.0 Å². The van der Waals surface area contributed by atoms with E-state index >= 15 is 0 Å². The van der Waals surface area contributed by atoms with Crippen LogP contribution in [0.1, 0.15) is 119 Å². The first-order valence-electron chi connectivity index (χ1n) is 21.3. The lowest BCUT2D eigenvalue weighted by atomic mass is 9.76.